The second kappa shape index (κ2) is 10.9. The lowest BCUT2D eigenvalue weighted by molar-refractivity contribution is 0.102. The quantitative estimate of drug-likeness (QED) is 0.428. The summed E-state index contributed by atoms with van der Waals surface area (Å²) in [5, 5.41) is 7.32. The third-order valence-corrected chi connectivity index (χ3v) is 6.70. The van der Waals surface area contributed by atoms with Crippen molar-refractivity contribution in [3.8, 4) is 11.8 Å². The van der Waals surface area contributed by atoms with Crippen LogP contribution in [0.2, 0.25) is 0 Å². The van der Waals surface area contributed by atoms with Crippen molar-refractivity contribution in [2.45, 2.75) is 32.4 Å². The van der Waals surface area contributed by atoms with E-state index in [0.717, 1.165) is 36.5 Å². The molecule has 1 amide bonds. The van der Waals surface area contributed by atoms with E-state index in [4.69, 9.17) is 0 Å². The SMILES string of the molecule is Cc1cc(CN2CCC(N(C)C)CC2)cc(NC(=O)c2cncc(C#Cc3cnc4cccnn34)c2)c1. The Morgan fingerprint density at radius 3 is 2.76 bits per heavy atom. The molecule has 1 N–H and O–H groups in total. The van der Waals surface area contributed by atoms with E-state index < -0.39 is 0 Å². The molecule has 5 rings (SSSR count). The predicted molar refractivity (Wildman–Crippen MR) is 144 cm³/mol. The summed E-state index contributed by atoms with van der Waals surface area (Å²) in [6.45, 7) is 5.12. The molecule has 8 heteroatoms. The molecule has 0 unspecified atom stereocenters. The molecule has 0 bridgehead atoms. The second-order valence-electron chi connectivity index (χ2n) is 9.78. The molecule has 0 saturated carbocycles. The molecule has 0 spiro atoms. The second-order valence-corrected chi connectivity index (χ2v) is 9.78. The third kappa shape index (κ3) is 6.02. The molecule has 1 fully saturated rings. The Morgan fingerprint density at radius 2 is 1.95 bits per heavy atom. The number of aryl methyl sites for hydroxylation is 1. The summed E-state index contributed by atoms with van der Waals surface area (Å²) >= 11 is 0. The zero-order valence-electron chi connectivity index (χ0n) is 21.5. The van der Waals surface area contributed by atoms with Crippen LogP contribution in [0, 0.1) is 18.8 Å². The molecule has 0 aliphatic carbocycles. The first-order chi connectivity index (χ1) is 17.9. The van der Waals surface area contributed by atoms with Crippen molar-refractivity contribution < 1.29 is 4.79 Å². The van der Waals surface area contributed by atoms with Crippen molar-refractivity contribution in [3.63, 3.8) is 0 Å². The number of nitrogens with zero attached hydrogens (tertiary/aromatic N) is 6. The summed E-state index contributed by atoms with van der Waals surface area (Å²) in [5.74, 6) is 5.93. The van der Waals surface area contributed by atoms with Gasteiger partial charge in [0.25, 0.3) is 5.91 Å². The first-order valence-electron chi connectivity index (χ1n) is 12.5. The van der Waals surface area contributed by atoms with Gasteiger partial charge in [-0.1, -0.05) is 12.0 Å². The van der Waals surface area contributed by atoms with E-state index in [0.29, 0.717) is 22.9 Å². The number of carbonyl (C=O) groups is 1. The highest BCUT2D eigenvalue weighted by Gasteiger charge is 2.20. The highest BCUT2D eigenvalue weighted by molar-refractivity contribution is 6.04. The smallest absolute Gasteiger partial charge is 0.257 e. The average molecular weight is 494 g/mol. The molecule has 1 saturated heterocycles. The van der Waals surface area contributed by atoms with Crippen LogP contribution in [0.15, 0.2) is 61.2 Å². The van der Waals surface area contributed by atoms with E-state index in [2.05, 4.69) is 75.2 Å². The summed E-state index contributed by atoms with van der Waals surface area (Å²) < 4.78 is 1.68. The van der Waals surface area contributed by atoms with E-state index in [1.807, 2.05) is 18.2 Å². The van der Waals surface area contributed by atoms with Gasteiger partial charge in [0.15, 0.2) is 5.65 Å². The van der Waals surface area contributed by atoms with E-state index in [1.54, 1.807) is 35.4 Å². The molecule has 0 radical (unpaired) electrons. The van der Waals surface area contributed by atoms with Crippen LogP contribution in [-0.2, 0) is 6.54 Å². The molecule has 4 heterocycles. The minimum Gasteiger partial charge on any atom is -0.322 e. The molecular formula is C29H31N7O. The van der Waals surface area contributed by atoms with E-state index >= 15 is 0 Å². The Kier molecular flexibility index (Phi) is 7.26. The van der Waals surface area contributed by atoms with Crippen molar-refractivity contribution in [2.24, 2.45) is 0 Å². The summed E-state index contributed by atoms with van der Waals surface area (Å²) in [4.78, 5) is 26.4. The van der Waals surface area contributed by atoms with Gasteiger partial charge in [0.2, 0.25) is 0 Å². The molecule has 1 aromatic carbocycles. The molecule has 1 aliphatic rings. The minimum absolute atomic E-state index is 0.212. The van der Waals surface area contributed by atoms with E-state index in [9.17, 15) is 4.79 Å². The van der Waals surface area contributed by atoms with E-state index in [-0.39, 0.29) is 5.91 Å². The van der Waals surface area contributed by atoms with E-state index in [1.165, 1.54) is 18.4 Å². The van der Waals surface area contributed by atoms with Crippen molar-refractivity contribution >= 4 is 17.2 Å². The lowest BCUT2D eigenvalue weighted by Crippen LogP contribution is -2.41. The molecule has 3 aromatic heterocycles. The van der Waals surface area contributed by atoms with Gasteiger partial charge >= 0.3 is 0 Å². The van der Waals surface area contributed by atoms with Gasteiger partial charge in [0.05, 0.1) is 11.8 Å². The van der Waals surface area contributed by atoms with Crippen LogP contribution in [0.25, 0.3) is 5.65 Å². The number of anilines is 1. The maximum Gasteiger partial charge on any atom is 0.257 e. The number of benzene rings is 1. The highest BCUT2D eigenvalue weighted by Crippen LogP contribution is 2.20. The normalized spacial score (nSPS) is 14.5. The Hall–Kier alpha value is -4.06. The molecule has 0 atom stereocenters. The predicted octanol–water partition coefficient (Wildman–Crippen LogP) is 3.61. The summed E-state index contributed by atoms with van der Waals surface area (Å²) in [7, 11) is 4.32. The maximum atomic E-state index is 13.0. The molecule has 8 nitrogen and oxygen atoms in total. The Morgan fingerprint density at radius 1 is 1.11 bits per heavy atom. The highest BCUT2D eigenvalue weighted by atomic mass is 16.1. The van der Waals surface area contributed by atoms with Gasteiger partial charge in [0.1, 0.15) is 5.69 Å². The number of hydrogen-bond donors (Lipinski definition) is 1. The molecular weight excluding hydrogens is 462 g/mol. The largest absolute Gasteiger partial charge is 0.322 e. The van der Waals surface area contributed by atoms with Gasteiger partial charge in [-0.25, -0.2) is 9.50 Å². The van der Waals surface area contributed by atoms with Crippen molar-refractivity contribution in [1.82, 2.24) is 29.4 Å². The monoisotopic (exact) mass is 493 g/mol. The van der Waals surface area contributed by atoms with Gasteiger partial charge in [-0.3, -0.25) is 14.7 Å². The topological polar surface area (TPSA) is 78.7 Å². The Balaban J connectivity index is 1.26. The zero-order chi connectivity index (χ0) is 25.8. The van der Waals surface area contributed by atoms with Gasteiger partial charge < -0.3 is 10.2 Å². The number of imidazole rings is 1. The first-order valence-corrected chi connectivity index (χ1v) is 12.5. The summed E-state index contributed by atoms with van der Waals surface area (Å²) in [6, 6.07) is 12.4. The number of carbonyl (C=O) groups excluding carboxylic acids is 1. The standard InChI is InChI=1S/C29H31N7O/c1-21-13-23(20-35-11-8-26(9-12-35)34(2)3)16-25(14-21)33-29(37)24-15-22(17-30-18-24)6-7-27-19-31-28-5-4-10-32-36(27)28/h4-5,10,13-19,26H,8-9,11-12,20H2,1-3H3,(H,33,37). The number of hydrogen-bond acceptors (Lipinski definition) is 6. The molecule has 1 aliphatic heterocycles. The first kappa shape index (κ1) is 24.6. The van der Waals surface area contributed by atoms with Gasteiger partial charge in [-0.15, -0.1) is 0 Å². The molecule has 37 heavy (non-hydrogen) atoms. The number of fused-ring (bicyclic) bond motifs is 1. The van der Waals surface area contributed by atoms with Crippen LogP contribution in [0.5, 0.6) is 0 Å². The number of nitrogens with one attached hydrogen (secondary N) is 1. The Bertz CT molecular complexity index is 1470. The van der Waals surface area contributed by atoms with Crippen LogP contribution in [-0.4, -0.2) is 68.5 Å². The van der Waals surface area contributed by atoms with Crippen molar-refractivity contribution in [1.29, 1.82) is 0 Å². The molecule has 4 aromatic rings. The van der Waals surface area contributed by atoms with Crippen molar-refractivity contribution in [2.75, 3.05) is 32.5 Å². The third-order valence-electron chi connectivity index (χ3n) is 6.70. The van der Waals surface area contributed by atoms with Crippen LogP contribution < -0.4 is 5.32 Å². The lowest BCUT2D eigenvalue weighted by Gasteiger charge is -2.35. The van der Waals surface area contributed by atoms with Gasteiger partial charge in [0, 0.05) is 42.4 Å². The Labute approximate surface area is 217 Å². The van der Waals surface area contributed by atoms with Crippen LogP contribution in [0.3, 0.4) is 0 Å². The van der Waals surface area contributed by atoms with Gasteiger partial charge in [-0.2, -0.15) is 5.10 Å². The number of likely N-dealkylation sites (tertiary alicyclic amines) is 1. The van der Waals surface area contributed by atoms with Gasteiger partial charge in [-0.05, 0) is 94.3 Å². The average Bonchev–Trinajstić information content (AvgIpc) is 3.31. The van der Waals surface area contributed by atoms with Crippen LogP contribution >= 0.6 is 0 Å². The number of aromatic nitrogens is 4. The fourth-order valence-electron chi connectivity index (χ4n) is 4.76. The maximum absolute atomic E-state index is 13.0. The zero-order valence-corrected chi connectivity index (χ0v) is 21.5. The molecule has 188 valence electrons. The van der Waals surface area contributed by atoms with Crippen LogP contribution in [0.1, 0.15) is 45.6 Å². The lowest BCUT2D eigenvalue weighted by atomic mass is 10.0. The van der Waals surface area contributed by atoms with Crippen LogP contribution in [0.4, 0.5) is 5.69 Å². The summed E-state index contributed by atoms with van der Waals surface area (Å²) in [5.41, 5.74) is 5.61. The fraction of sp³-hybridized carbons (Fsp3) is 0.310. The summed E-state index contributed by atoms with van der Waals surface area (Å²) in [6.07, 6.45) is 8.94. The minimum atomic E-state index is -0.212. The van der Waals surface area contributed by atoms with Crippen molar-refractivity contribution in [3.05, 3.63) is 89.1 Å². The number of amides is 1. The number of pyridine rings is 1. The number of rotatable bonds is 5. The number of piperidine rings is 1. The fourth-order valence-corrected chi connectivity index (χ4v) is 4.76.